The van der Waals surface area contributed by atoms with Crippen molar-refractivity contribution in [2.45, 2.75) is 18.9 Å². The summed E-state index contributed by atoms with van der Waals surface area (Å²) in [5, 5.41) is 4.40. The molecule has 2 aromatic carbocycles. The first kappa shape index (κ1) is 19.0. The van der Waals surface area contributed by atoms with E-state index in [0.717, 1.165) is 11.9 Å². The molecule has 0 aliphatic carbocycles. The summed E-state index contributed by atoms with van der Waals surface area (Å²) in [5.74, 6) is 0.468. The Hall–Kier alpha value is -3.32. The minimum Gasteiger partial charge on any atom is -0.497 e. The zero-order valence-electron chi connectivity index (χ0n) is 16.4. The zero-order valence-corrected chi connectivity index (χ0v) is 16.4. The van der Waals surface area contributed by atoms with Gasteiger partial charge in [-0.3, -0.25) is 9.59 Å². The number of methoxy groups -OCH3 is 2. The van der Waals surface area contributed by atoms with Crippen molar-refractivity contribution in [3.8, 4) is 11.5 Å². The van der Waals surface area contributed by atoms with E-state index in [1.165, 1.54) is 30.1 Å². The van der Waals surface area contributed by atoms with Gasteiger partial charge in [0.2, 0.25) is 5.91 Å². The van der Waals surface area contributed by atoms with Gasteiger partial charge in [-0.25, -0.2) is 4.90 Å². The van der Waals surface area contributed by atoms with E-state index in [0.29, 0.717) is 23.7 Å². The lowest BCUT2D eigenvalue weighted by Crippen LogP contribution is -2.39. The van der Waals surface area contributed by atoms with Crippen LogP contribution in [0, 0.1) is 0 Å². The molecule has 4 rings (SSSR count). The quantitative estimate of drug-likeness (QED) is 0.603. The third-order valence-corrected chi connectivity index (χ3v) is 5.23. The first-order valence-electron chi connectivity index (χ1n) is 9.49. The largest absolute Gasteiger partial charge is 0.497 e. The summed E-state index contributed by atoms with van der Waals surface area (Å²) in [6.07, 6.45) is 2.86. The number of carbonyl (C=O) groups is 2. The number of hydrogen-bond acceptors (Lipinski definition) is 5. The molecular weight excluding hydrogens is 370 g/mol. The van der Waals surface area contributed by atoms with Crippen LogP contribution in [0.5, 0.6) is 11.5 Å². The molecule has 7 heteroatoms. The highest BCUT2D eigenvalue weighted by Crippen LogP contribution is 2.35. The van der Waals surface area contributed by atoms with Crippen LogP contribution >= 0.6 is 0 Å². The first-order chi connectivity index (χ1) is 14.1. The van der Waals surface area contributed by atoms with Gasteiger partial charge in [0, 0.05) is 29.7 Å². The Bertz CT molecular complexity index is 1060. The molecule has 29 heavy (non-hydrogen) atoms. The molecule has 1 unspecified atom stereocenters. The Morgan fingerprint density at radius 1 is 1.14 bits per heavy atom. The van der Waals surface area contributed by atoms with Crippen molar-refractivity contribution in [1.82, 2.24) is 10.3 Å². The highest BCUT2D eigenvalue weighted by atomic mass is 16.5. The SMILES string of the molecule is COc1ccc(OC)c(N2C(=O)CC(NCCc3c[nH]c4ccccc34)C2=O)c1. The molecule has 1 aliphatic rings. The van der Waals surface area contributed by atoms with Crippen molar-refractivity contribution in [1.29, 1.82) is 0 Å². The molecule has 1 atom stereocenters. The number of hydrogen-bond donors (Lipinski definition) is 2. The summed E-state index contributed by atoms with van der Waals surface area (Å²) in [4.78, 5) is 30.0. The van der Waals surface area contributed by atoms with E-state index in [1.54, 1.807) is 18.2 Å². The van der Waals surface area contributed by atoms with Gasteiger partial charge in [-0.1, -0.05) is 18.2 Å². The predicted octanol–water partition coefficient (Wildman–Crippen LogP) is 2.65. The number of H-pyrrole nitrogens is 1. The normalized spacial score (nSPS) is 16.6. The molecule has 2 N–H and O–H groups in total. The molecule has 0 spiro atoms. The van der Waals surface area contributed by atoms with Crippen molar-refractivity contribution < 1.29 is 19.1 Å². The number of aromatic amines is 1. The van der Waals surface area contributed by atoms with Crippen LogP contribution in [0.25, 0.3) is 10.9 Å². The van der Waals surface area contributed by atoms with Crippen molar-refractivity contribution in [3.63, 3.8) is 0 Å². The van der Waals surface area contributed by atoms with Crippen molar-refractivity contribution in [2.75, 3.05) is 25.7 Å². The number of rotatable bonds is 7. The molecule has 150 valence electrons. The van der Waals surface area contributed by atoms with Crippen LogP contribution in [-0.2, 0) is 16.0 Å². The summed E-state index contributed by atoms with van der Waals surface area (Å²) in [6.45, 7) is 0.592. The first-order valence-corrected chi connectivity index (χ1v) is 9.49. The average Bonchev–Trinajstić information content (AvgIpc) is 3.28. The smallest absolute Gasteiger partial charge is 0.251 e. The maximum Gasteiger partial charge on any atom is 0.251 e. The Balaban J connectivity index is 1.46. The zero-order chi connectivity index (χ0) is 20.4. The summed E-state index contributed by atoms with van der Waals surface area (Å²) in [5.41, 5.74) is 2.67. The number of anilines is 1. The van der Waals surface area contributed by atoms with Crippen LogP contribution in [-0.4, -0.2) is 43.6 Å². The van der Waals surface area contributed by atoms with Gasteiger partial charge in [-0.05, 0) is 30.2 Å². The van der Waals surface area contributed by atoms with Crippen LogP contribution in [0.2, 0.25) is 0 Å². The number of para-hydroxylation sites is 1. The number of fused-ring (bicyclic) bond motifs is 1. The number of aromatic nitrogens is 1. The van der Waals surface area contributed by atoms with Crippen LogP contribution in [0.1, 0.15) is 12.0 Å². The predicted molar refractivity (Wildman–Crippen MR) is 110 cm³/mol. The molecule has 1 aromatic heterocycles. The fraction of sp³-hybridized carbons (Fsp3) is 0.273. The standard InChI is InChI=1S/C22H23N3O4/c1-28-15-7-8-20(29-2)19(11-15)25-21(26)12-18(22(25)27)23-10-9-14-13-24-17-6-4-3-5-16(14)17/h3-8,11,13,18,23-24H,9-10,12H2,1-2H3. The Morgan fingerprint density at radius 3 is 2.76 bits per heavy atom. The average molecular weight is 393 g/mol. The maximum absolute atomic E-state index is 12.9. The summed E-state index contributed by atoms with van der Waals surface area (Å²) < 4.78 is 10.6. The number of imide groups is 1. The van der Waals surface area contributed by atoms with E-state index in [1.807, 2.05) is 24.4 Å². The van der Waals surface area contributed by atoms with Crippen molar-refractivity contribution >= 4 is 28.4 Å². The van der Waals surface area contributed by atoms with Crippen LogP contribution < -0.4 is 19.7 Å². The second-order valence-electron chi connectivity index (χ2n) is 6.93. The molecule has 0 bridgehead atoms. The molecule has 1 aliphatic heterocycles. The Kier molecular flexibility index (Phi) is 5.22. The maximum atomic E-state index is 12.9. The minimum absolute atomic E-state index is 0.118. The van der Waals surface area contributed by atoms with E-state index in [2.05, 4.69) is 16.4 Å². The summed E-state index contributed by atoms with van der Waals surface area (Å²) in [6, 6.07) is 12.6. The fourth-order valence-electron chi connectivity index (χ4n) is 3.74. The Morgan fingerprint density at radius 2 is 1.97 bits per heavy atom. The molecule has 1 saturated heterocycles. The molecule has 3 aromatic rings. The topological polar surface area (TPSA) is 83.7 Å². The number of amides is 2. The van der Waals surface area contributed by atoms with E-state index in [-0.39, 0.29) is 18.2 Å². The summed E-state index contributed by atoms with van der Waals surface area (Å²) >= 11 is 0. The van der Waals surface area contributed by atoms with Crippen LogP contribution in [0.4, 0.5) is 5.69 Å². The Labute approximate surface area is 168 Å². The molecule has 0 radical (unpaired) electrons. The van der Waals surface area contributed by atoms with E-state index >= 15 is 0 Å². The van der Waals surface area contributed by atoms with Crippen molar-refractivity contribution in [3.05, 3.63) is 54.2 Å². The van der Waals surface area contributed by atoms with Gasteiger partial charge in [-0.15, -0.1) is 0 Å². The van der Waals surface area contributed by atoms with Gasteiger partial charge in [0.25, 0.3) is 5.91 Å². The number of nitrogens with one attached hydrogen (secondary N) is 2. The van der Waals surface area contributed by atoms with Gasteiger partial charge >= 0.3 is 0 Å². The van der Waals surface area contributed by atoms with E-state index in [9.17, 15) is 9.59 Å². The third-order valence-electron chi connectivity index (χ3n) is 5.23. The molecule has 0 saturated carbocycles. The number of benzene rings is 2. The lowest BCUT2D eigenvalue weighted by molar-refractivity contribution is -0.121. The van der Waals surface area contributed by atoms with Crippen LogP contribution in [0.3, 0.4) is 0 Å². The minimum atomic E-state index is -0.552. The van der Waals surface area contributed by atoms with Gasteiger partial charge in [-0.2, -0.15) is 0 Å². The van der Waals surface area contributed by atoms with Gasteiger partial charge in [0.05, 0.1) is 32.4 Å². The second-order valence-corrected chi connectivity index (χ2v) is 6.93. The van der Waals surface area contributed by atoms with E-state index in [4.69, 9.17) is 9.47 Å². The third kappa shape index (κ3) is 3.56. The van der Waals surface area contributed by atoms with Gasteiger partial charge < -0.3 is 19.8 Å². The fourth-order valence-corrected chi connectivity index (χ4v) is 3.74. The molecule has 1 fully saturated rings. The van der Waals surface area contributed by atoms with Gasteiger partial charge in [0.1, 0.15) is 11.5 Å². The van der Waals surface area contributed by atoms with Crippen molar-refractivity contribution in [2.24, 2.45) is 0 Å². The van der Waals surface area contributed by atoms with Gasteiger partial charge in [0.15, 0.2) is 0 Å². The summed E-state index contributed by atoms with van der Waals surface area (Å²) in [7, 11) is 3.04. The molecule has 2 amide bonds. The van der Waals surface area contributed by atoms with E-state index < -0.39 is 6.04 Å². The molecular formula is C22H23N3O4. The molecule has 2 heterocycles. The number of ether oxygens (including phenoxy) is 2. The van der Waals surface area contributed by atoms with Crippen LogP contribution in [0.15, 0.2) is 48.7 Å². The highest BCUT2D eigenvalue weighted by molar-refractivity contribution is 6.23. The highest BCUT2D eigenvalue weighted by Gasteiger charge is 2.40. The number of nitrogens with zero attached hydrogens (tertiary/aromatic N) is 1. The second kappa shape index (κ2) is 7.97. The lowest BCUT2D eigenvalue weighted by Gasteiger charge is -2.19. The lowest BCUT2D eigenvalue weighted by atomic mass is 10.1. The molecule has 7 nitrogen and oxygen atoms in total. The monoisotopic (exact) mass is 393 g/mol. The number of carbonyl (C=O) groups excluding carboxylic acids is 2.